The van der Waals surface area contributed by atoms with Crippen LogP contribution in [-0.4, -0.2) is 36.2 Å². The van der Waals surface area contributed by atoms with Crippen molar-refractivity contribution in [2.45, 2.75) is 38.6 Å². The summed E-state index contributed by atoms with van der Waals surface area (Å²) in [5.74, 6) is 0.447. The van der Waals surface area contributed by atoms with Crippen molar-refractivity contribution in [3.8, 4) is 5.75 Å². The van der Waals surface area contributed by atoms with E-state index in [1.54, 1.807) is 0 Å². The molecule has 1 aromatic carbocycles. The highest BCUT2D eigenvalue weighted by molar-refractivity contribution is 5.85. The summed E-state index contributed by atoms with van der Waals surface area (Å²) >= 11 is 0. The Kier molecular flexibility index (Phi) is 10.9. The summed E-state index contributed by atoms with van der Waals surface area (Å²) in [6, 6.07) is 8.19. The minimum Gasteiger partial charge on any atom is -0.508 e. The maximum Gasteiger partial charge on any atom is 0.120 e. The lowest BCUT2D eigenvalue weighted by molar-refractivity contribution is 0.160. The van der Waals surface area contributed by atoms with Gasteiger partial charge < -0.3 is 10.4 Å². The van der Waals surface area contributed by atoms with E-state index >= 15 is 0 Å². The third-order valence-corrected chi connectivity index (χ3v) is 3.97. The molecule has 1 saturated heterocycles. The second-order valence-electron chi connectivity index (χ2n) is 5.36. The number of unbranched alkanes of at least 4 members (excludes halogenated alkanes) is 2. The molecule has 1 heterocycles. The number of para-hydroxylation sites is 1. The molecule has 2 N–H and O–H groups in total. The molecule has 1 aliphatic heterocycles. The molecule has 0 aromatic heterocycles. The number of halogens is 2. The molecule has 21 heavy (non-hydrogen) atoms. The Hall–Kier alpha value is -0.480. The van der Waals surface area contributed by atoms with Gasteiger partial charge in [0.2, 0.25) is 0 Å². The summed E-state index contributed by atoms with van der Waals surface area (Å²) in [4.78, 5) is 2.52. The molecule has 1 aromatic rings. The topological polar surface area (TPSA) is 35.5 Å². The Balaban J connectivity index is 0.00000200. The van der Waals surface area contributed by atoms with Crippen molar-refractivity contribution < 1.29 is 5.11 Å². The highest BCUT2D eigenvalue weighted by atomic mass is 35.5. The minimum absolute atomic E-state index is 0. The Morgan fingerprint density at radius 3 is 2.43 bits per heavy atom. The minimum atomic E-state index is 0. The van der Waals surface area contributed by atoms with E-state index in [-0.39, 0.29) is 24.8 Å². The lowest BCUT2D eigenvalue weighted by Gasteiger charge is -2.35. The Labute approximate surface area is 140 Å². The average Bonchev–Trinajstić information content (AvgIpc) is 2.46. The molecule has 0 spiro atoms. The van der Waals surface area contributed by atoms with Crippen LogP contribution in [-0.2, 0) is 0 Å². The van der Waals surface area contributed by atoms with E-state index in [4.69, 9.17) is 0 Å². The molecule has 0 bridgehead atoms. The van der Waals surface area contributed by atoms with Crippen molar-refractivity contribution in [1.29, 1.82) is 0 Å². The zero-order valence-corrected chi connectivity index (χ0v) is 14.4. The summed E-state index contributed by atoms with van der Waals surface area (Å²) in [5.41, 5.74) is 1.10. The monoisotopic (exact) mass is 334 g/mol. The van der Waals surface area contributed by atoms with Crippen molar-refractivity contribution in [3.63, 3.8) is 0 Å². The van der Waals surface area contributed by atoms with Crippen LogP contribution in [0.1, 0.15) is 44.2 Å². The van der Waals surface area contributed by atoms with E-state index in [0.717, 1.165) is 38.2 Å². The molecule has 1 aliphatic rings. The number of benzene rings is 1. The van der Waals surface area contributed by atoms with E-state index in [1.165, 1.54) is 19.3 Å². The predicted octanol–water partition coefficient (Wildman–Crippen LogP) is 3.76. The van der Waals surface area contributed by atoms with Gasteiger partial charge in [-0.05, 0) is 12.5 Å². The molecular weight excluding hydrogens is 307 g/mol. The van der Waals surface area contributed by atoms with E-state index in [0.29, 0.717) is 11.8 Å². The van der Waals surface area contributed by atoms with Crippen molar-refractivity contribution in [3.05, 3.63) is 29.8 Å². The van der Waals surface area contributed by atoms with Crippen LogP contribution in [0.5, 0.6) is 5.75 Å². The van der Waals surface area contributed by atoms with Crippen molar-refractivity contribution in [2.24, 2.45) is 0 Å². The highest BCUT2D eigenvalue weighted by Crippen LogP contribution is 2.32. The van der Waals surface area contributed by atoms with Crippen molar-refractivity contribution >= 4 is 24.8 Å². The van der Waals surface area contributed by atoms with Gasteiger partial charge in [0, 0.05) is 37.8 Å². The maximum atomic E-state index is 10.1. The number of nitrogens with one attached hydrogen (secondary N) is 1. The van der Waals surface area contributed by atoms with Crippen LogP contribution in [0.2, 0.25) is 0 Å². The van der Waals surface area contributed by atoms with Crippen LogP contribution in [0.25, 0.3) is 0 Å². The third-order valence-electron chi connectivity index (χ3n) is 3.97. The van der Waals surface area contributed by atoms with Crippen molar-refractivity contribution in [2.75, 3.05) is 26.2 Å². The zero-order chi connectivity index (χ0) is 13.5. The van der Waals surface area contributed by atoms with Crippen LogP contribution in [0, 0.1) is 0 Å². The van der Waals surface area contributed by atoms with E-state index in [9.17, 15) is 5.11 Å². The molecule has 122 valence electrons. The zero-order valence-electron chi connectivity index (χ0n) is 12.8. The van der Waals surface area contributed by atoms with Gasteiger partial charge in [-0.15, -0.1) is 24.8 Å². The smallest absolute Gasteiger partial charge is 0.120 e. The molecule has 2 rings (SSSR count). The quantitative estimate of drug-likeness (QED) is 0.777. The van der Waals surface area contributed by atoms with E-state index in [1.807, 2.05) is 18.2 Å². The van der Waals surface area contributed by atoms with Crippen LogP contribution < -0.4 is 5.32 Å². The molecule has 1 fully saturated rings. The molecule has 1 atom stereocenters. The Bertz CT molecular complexity index is 384. The molecule has 0 aliphatic carbocycles. The largest absolute Gasteiger partial charge is 0.508 e. The van der Waals surface area contributed by atoms with Crippen LogP contribution in [0.15, 0.2) is 24.3 Å². The van der Waals surface area contributed by atoms with Crippen LogP contribution in [0.3, 0.4) is 0 Å². The SMILES string of the molecule is CCCCC[C@H](c1ccccc1O)N1CCNCC1.Cl.Cl. The van der Waals surface area contributed by atoms with Crippen molar-refractivity contribution in [1.82, 2.24) is 10.2 Å². The lowest BCUT2D eigenvalue weighted by atomic mass is 9.97. The molecule has 0 unspecified atom stereocenters. The molecule has 5 heteroatoms. The second-order valence-corrected chi connectivity index (χ2v) is 5.36. The highest BCUT2D eigenvalue weighted by Gasteiger charge is 2.23. The number of hydrogen-bond acceptors (Lipinski definition) is 3. The molecule has 0 amide bonds. The average molecular weight is 335 g/mol. The second kappa shape index (κ2) is 11.1. The normalized spacial score (nSPS) is 16.6. The fourth-order valence-electron chi connectivity index (χ4n) is 2.89. The number of aromatic hydroxyl groups is 1. The van der Waals surface area contributed by atoms with E-state index in [2.05, 4.69) is 23.2 Å². The van der Waals surface area contributed by atoms with Gasteiger partial charge in [-0.25, -0.2) is 0 Å². The summed E-state index contributed by atoms with van der Waals surface area (Å²) in [5, 5.41) is 13.5. The number of hydrogen-bond donors (Lipinski definition) is 2. The Morgan fingerprint density at radius 2 is 1.81 bits per heavy atom. The first-order valence-electron chi connectivity index (χ1n) is 7.55. The molecular formula is C16H28Cl2N2O. The first kappa shape index (κ1) is 20.5. The first-order valence-corrected chi connectivity index (χ1v) is 7.55. The third kappa shape index (κ3) is 6.03. The lowest BCUT2D eigenvalue weighted by Crippen LogP contribution is -2.45. The number of nitrogens with zero attached hydrogens (tertiary/aromatic N) is 1. The van der Waals surface area contributed by atoms with Gasteiger partial charge in [0.05, 0.1) is 0 Å². The number of piperazine rings is 1. The molecule has 0 saturated carbocycles. The van der Waals surface area contributed by atoms with Gasteiger partial charge in [-0.1, -0.05) is 44.4 Å². The predicted molar refractivity (Wildman–Crippen MR) is 93.9 cm³/mol. The van der Waals surface area contributed by atoms with Gasteiger partial charge >= 0.3 is 0 Å². The number of rotatable bonds is 6. The number of phenols is 1. The van der Waals surface area contributed by atoms with Gasteiger partial charge in [0.1, 0.15) is 5.75 Å². The first-order chi connectivity index (χ1) is 9.33. The van der Waals surface area contributed by atoms with Crippen LogP contribution in [0.4, 0.5) is 0 Å². The van der Waals surface area contributed by atoms with Gasteiger partial charge in [-0.2, -0.15) is 0 Å². The summed E-state index contributed by atoms with van der Waals surface area (Å²) < 4.78 is 0. The maximum absolute atomic E-state index is 10.1. The summed E-state index contributed by atoms with van der Waals surface area (Å²) in [7, 11) is 0. The van der Waals surface area contributed by atoms with Crippen LogP contribution >= 0.6 is 24.8 Å². The Morgan fingerprint density at radius 1 is 1.14 bits per heavy atom. The summed E-state index contributed by atoms with van der Waals surface area (Å²) in [6.07, 6.45) is 4.90. The van der Waals surface area contributed by atoms with Gasteiger partial charge in [0.25, 0.3) is 0 Å². The molecule has 3 nitrogen and oxygen atoms in total. The van der Waals surface area contributed by atoms with Gasteiger partial charge in [-0.3, -0.25) is 4.90 Å². The summed E-state index contributed by atoms with van der Waals surface area (Å²) in [6.45, 7) is 6.49. The van der Waals surface area contributed by atoms with E-state index < -0.39 is 0 Å². The van der Waals surface area contributed by atoms with Gasteiger partial charge in [0.15, 0.2) is 0 Å². The number of phenolic OH excluding ortho intramolecular Hbond substituents is 1. The fraction of sp³-hybridized carbons (Fsp3) is 0.625. The molecule has 0 radical (unpaired) electrons. The fourth-order valence-corrected chi connectivity index (χ4v) is 2.89. The standard InChI is InChI=1S/C16H26N2O.2ClH/c1-2-3-4-8-15(18-12-10-17-11-13-18)14-7-5-6-9-16(14)19;;/h5-7,9,15,17,19H,2-4,8,10-13H2,1H3;2*1H/t15-;;/m1../s1.